The van der Waals surface area contributed by atoms with Gasteiger partial charge in [-0.25, -0.2) is 8.42 Å². The number of piperidine rings is 1. The van der Waals surface area contributed by atoms with Crippen molar-refractivity contribution in [3.63, 3.8) is 0 Å². The third-order valence-electron chi connectivity index (χ3n) is 5.21. The number of aryl methyl sites for hydroxylation is 1. The maximum atomic E-state index is 13.4. The Balaban J connectivity index is 1.82. The Morgan fingerprint density at radius 3 is 2.28 bits per heavy atom. The molecule has 3 aromatic rings. The standard InChI is InChI=1S/C22H23BrN2O3S/c1-2-16-6-12-19(13-7-16)29(26,27)21-22(25-14-4-3-5-15-25)28-20(24-21)17-8-10-18(23)11-9-17/h6-13H,2-5,14-15H2,1H3. The van der Waals surface area contributed by atoms with Gasteiger partial charge in [0.15, 0.2) is 0 Å². The van der Waals surface area contributed by atoms with Gasteiger partial charge < -0.3 is 9.32 Å². The van der Waals surface area contributed by atoms with Crippen molar-refractivity contribution in [2.45, 2.75) is 42.5 Å². The highest BCUT2D eigenvalue weighted by atomic mass is 79.9. The molecule has 29 heavy (non-hydrogen) atoms. The predicted octanol–water partition coefficient (Wildman–Crippen LogP) is 5.49. The zero-order valence-corrected chi connectivity index (χ0v) is 18.7. The van der Waals surface area contributed by atoms with Gasteiger partial charge in [-0.3, -0.25) is 0 Å². The lowest BCUT2D eigenvalue weighted by molar-refractivity contribution is 0.499. The molecule has 2 aromatic carbocycles. The molecule has 7 heteroatoms. The van der Waals surface area contributed by atoms with Gasteiger partial charge in [-0.1, -0.05) is 35.0 Å². The van der Waals surface area contributed by atoms with Crippen LogP contribution in [0.25, 0.3) is 11.5 Å². The number of hydrogen-bond donors (Lipinski definition) is 0. The molecule has 0 amide bonds. The monoisotopic (exact) mass is 474 g/mol. The molecule has 2 heterocycles. The molecule has 0 aliphatic carbocycles. The van der Waals surface area contributed by atoms with Crippen LogP contribution in [0.4, 0.5) is 5.88 Å². The van der Waals surface area contributed by atoms with Crippen molar-refractivity contribution in [3.05, 3.63) is 58.6 Å². The summed E-state index contributed by atoms with van der Waals surface area (Å²) in [6.07, 6.45) is 4.03. The molecular weight excluding hydrogens is 452 g/mol. The number of hydrogen-bond acceptors (Lipinski definition) is 5. The maximum absolute atomic E-state index is 13.4. The first kappa shape index (κ1) is 20.2. The first-order valence-corrected chi connectivity index (χ1v) is 12.1. The van der Waals surface area contributed by atoms with Gasteiger partial charge in [0, 0.05) is 23.1 Å². The molecule has 1 aliphatic rings. The van der Waals surface area contributed by atoms with Crippen LogP contribution in [0.15, 0.2) is 67.3 Å². The Hall–Kier alpha value is -2.12. The van der Waals surface area contributed by atoms with Crippen molar-refractivity contribution in [2.75, 3.05) is 18.0 Å². The molecular formula is C22H23BrN2O3S. The first-order chi connectivity index (χ1) is 14.0. The Labute approximate surface area is 179 Å². The topological polar surface area (TPSA) is 63.4 Å². The minimum Gasteiger partial charge on any atom is -0.419 e. The quantitative estimate of drug-likeness (QED) is 0.489. The molecule has 1 fully saturated rings. The molecule has 4 rings (SSSR count). The van der Waals surface area contributed by atoms with E-state index in [2.05, 4.69) is 20.9 Å². The van der Waals surface area contributed by atoms with Crippen LogP contribution in [0, 0.1) is 0 Å². The van der Waals surface area contributed by atoms with Gasteiger partial charge in [0.2, 0.25) is 26.6 Å². The van der Waals surface area contributed by atoms with Gasteiger partial charge in [0.05, 0.1) is 4.90 Å². The summed E-state index contributed by atoms with van der Waals surface area (Å²) in [4.78, 5) is 6.71. The molecule has 0 bridgehead atoms. The molecule has 0 spiro atoms. The number of benzene rings is 2. The highest BCUT2D eigenvalue weighted by Crippen LogP contribution is 2.36. The van der Waals surface area contributed by atoms with Gasteiger partial charge in [0.1, 0.15) is 0 Å². The van der Waals surface area contributed by atoms with Gasteiger partial charge in [-0.15, -0.1) is 0 Å². The summed E-state index contributed by atoms with van der Waals surface area (Å²) in [6, 6.07) is 14.5. The molecule has 1 aliphatic heterocycles. The summed E-state index contributed by atoms with van der Waals surface area (Å²) in [5.41, 5.74) is 1.84. The van der Waals surface area contributed by atoms with Crippen LogP contribution in [-0.4, -0.2) is 26.5 Å². The lowest BCUT2D eigenvalue weighted by atomic mass is 10.1. The fraction of sp³-hybridized carbons (Fsp3) is 0.318. The van der Waals surface area contributed by atoms with E-state index in [0.29, 0.717) is 11.8 Å². The van der Waals surface area contributed by atoms with E-state index in [1.54, 1.807) is 12.1 Å². The van der Waals surface area contributed by atoms with Crippen molar-refractivity contribution in [1.82, 2.24) is 4.98 Å². The summed E-state index contributed by atoms with van der Waals surface area (Å²) in [6.45, 7) is 3.58. The number of sulfone groups is 1. The van der Waals surface area contributed by atoms with Crippen LogP contribution in [0.2, 0.25) is 0 Å². The SMILES string of the molecule is CCc1ccc(S(=O)(=O)c2nc(-c3ccc(Br)cc3)oc2N2CCCCC2)cc1. The smallest absolute Gasteiger partial charge is 0.236 e. The predicted molar refractivity (Wildman–Crippen MR) is 117 cm³/mol. The van der Waals surface area contributed by atoms with E-state index in [0.717, 1.165) is 54.4 Å². The second-order valence-electron chi connectivity index (χ2n) is 7.18. The number of nitrogens with zero attached hydrogens (tertiary/aromatic N) is 2. The number of oxazole rings is 1. The van der Waals surface area contributed by atoms with E-state index >= 15 is 0 Å². The van der Waals surface area contributed by atoms with E-state index in [1.807, 2.05) is 48.2 Å². The molecule has 152 valence electrons. The van der Waals surface area contributed by atoms with Crippen molar-refractivity contribution in [1.29, 1.82) is 0 Å². The highest BCUT2D eigenvalue weighted by Gasteiger charge is 2.32. The highest BCUT2D eigenvalue weighted by molar-refractivity contribution is 9.10. The zero-order chi connectivity index (χ0) is 20.4. The van der Waals surface area contributed by atoms with E-state index < -0.39 is 9.84 Å². The molecule has 0 saturated carbocycles. The average molecular weight is 475 g/mol. The summed E-state index contributed by atoms with van der Waals surface area (Å²) < 4.78 is 33.9. The fourth-order valence-corrected chi connectivity index (χ4v) is 5.09. The van der Waals surface area contributed by atoms with Crippen molar-refractivity contribution in [3.8, 4) is 11.5 Å². The van der Waals surface area contributed by atoms with Crippen molar-refractivity contribution >= 4 is 31.7 Å². The summed E-state index contributed by atoms with van der Waals surface area (Å²) >= 11 is 3.42. The van der Waals surface area contributed by atoms with Gasteiger partial charge >= 0.3 is 0 Å². The number of halogens is 1. The summed E-state index contributed by atoms with van der Waals surface area (Å²) in [5.74, 6) is 0.670. The van der Waals surface area contributed by atoms with Crippen LogP contribution in [0.3, 0.4) is 0 Å². The van der Waals surface area contributed by atoms with Crippen LogP contribution in [-0.2, 0) is 16.3 Å². The first-order valence-electron chi connectivity index (χ1n) is 9.85. The fourth-order valence-electron chi connectivity index (χ4n) is 3.50. The third kappa shape index (κ3) is 4.12. The zero-order valence-electron chi connectivity index (χ0n) is 16.3. The second kappa shape index (κ2) is 8.32. The number of anilines is 1. The third-order valence-corrected chi connectivity index (χ3v) is 7.41. The maximum Gasteiger partial charge on any atom is 0.236 e. The molecule has 1 aromatic heterocycles. The summed E-state index contributed by atoms with van der Waals surface area (Å²) in [5, 5.41) is 0.00145. The lowest BCUT2D eigenvalue weighted by Crippen LogP contribution is -2.30. The van der Waals surface area contributed by atoms with Crippen molar-refractivity contribution in [2.24, 2.45) is 0 Å². The largest absolute Gasteiger partial charge is 0.419 e. The van der Waals surface area contributed by atoms with Crippen LogP contribution < -0.4 is 4.90 Å². The van der Waals surface area contributed by atoms with E-state index in [-0.39, 0.29) is 9.92 Å². The normalized spacial score (nSPS) is 14.9. The molecule has 0 atom stereocenters. The Bertz CT molecular complexity index is 1080. The van der Waals surface area contributed by atoms with E-state index in [1.165, 1.54) is 0 Å². The van der Waals surface area contributed by atoms with Gasteiger partial charge in [-0.2, -0.15) is 4.98 Å². The Morgan fingerprint density at radius 1 is 1.00 bits per heavy atom. The van der Waals surface area contributed by atoms with Crippen LogP contribution in [0.1, 0.15) is 31.7 Å². The number of aromatic nitrogens is 1. The average Bonchev–Trinajstić information content (AvgIpc) is 3.21. The lowest BCUT2D eigenvalue weighted by Gasteiger charge is -2.26. The van der Waals surface area contributed by atoms with Crippen LogP contribution >= 0.6 is 15.9 Å². The Kier molecular flexibility index (Phi) is 5.79. The molecule has 0 unspecified atom stereocenters. The molecule has 5 nitrogen and oxygen atoms in total. The minimum atomic E-state index is -3.80. The Morgan fingerprint density at radius 2 is 1.66 bits per heavy atom. The van der Waals surface area contributed by atoms with E-state index in [9.17, 15) is 8.42 Å². The second-order valence-corrected chi connectivity index (χ2v) is 9.97. The molecule has 0 N–H and O–H groups in total. The number of rotatable bonds is 5. The van der Waals surface area contributed by atoms with Crippen LogP contribution in [0.5, 0.6) is 0 Å². The summed E-state index contributed by atoms with van der Waals surface area (Å²) in [7, 11) is -3.80. The van der Waals surface area contributed by atoms with Crippen molar-refractivity contribution < 1.29 is 12.8 Å². The molecule has 1 saturated heterocycles. The van der Waals surface area contributed by atoms with Gasteiger partial charge in [0.25, 0.3) is 0 Å². The van der Waals surface area contributed by atoms with Gasteiger partial charge in [-0.05, 0) is 67.6 Å². The molecule has 0 radical (unpaired) electrons. The van der Waals surface area contributed by atoms with E-state index in [4.69, 9.17) is 4.42 Å². The minimum absolute atomic E-state index is 0.00145.